The van der Waals surface area contributed by atoms with E-state index in [9.17, 15) is 4.79 Å². The highest BCUT2D eigenvalue weighted by Crippen LogP contribution is 2.19. The number of carbonyl (C=O) groups is 1. The minimum Gasteiger partial charge on any atom is -0.478 e. The molecular weight excluding hydrogens is 234 g/mol. The van der Waals surface area contributed by atoms with Gasteiger partial charge in [-0.25, -0.2) is 4.79 Å². The molecule has 0 amide bonds. The van der Waals surface area contributed by atoms with Crippen molar-refractivity contribution in [1.29, 1.82) is 0 Å². The smallest absolute Gasteiger partial charge is 0.339 e. The van der Waals surface area contributed by atoms with Gasteiger partial charge >= 0.3 is 12.0 Å². The maximum atomic E-state index is 10.9. The number of nitrogens with zero attached hydrogens (tertiary/aromatic N) is 3. The average molecular weight is 243 g/mol. The van der Waals surface area contributed by atoms with E-state index >= 15 is 0 Å². The monoisotopic (exact) mass is 243 g/mol. The first-order chi connectivity index (χ1) is 8.66. The molecule has 0 radical (unpaired) electrons. The minimum absolute atomic E-state index is 0.136. The molecule has 0 fully saturated rings. The van der Waals surface area contributed by atoms with Crippen LogP contribution in [-0.2, 0) is 0 Å². The fourth-order valence-corrected chi connectivity index (χ4v) is 1.76. The largest absolute Gasteiger partial charge is 0.478 e. The summed E-state index contributed by atoms with van der Waals surface area (Å²) in [6.45, 7) is 1.66. The lowest BCUT2D eigenvalue weighted by Gasteiger charge is -1.97. The van der Waals surface area contributed by atoms with Gasteiger partial charge in [-0.2, -0.15) is 14.8 Å². The van der Waals surface area contributed by atoms with Gasteiger partial charge < -0.3 is 9.52 Å². The molecule has 0 saturated carbocycles. The van der Waals surface area contributed by atoms with E-state index in [1.165, 1.54) is 10.9 Å². The number of benzene rings is 1. The summed E-state index contributed by atoms with van der Waals surface area (Å²) in [5.41, 5.74) is 1.96. The Hall–Kier alpha value is -2.63. The summed E-state index contributed by atoms with van der Waals surface area (Å²) in [5, 5.41) is 12.9. The molecule has 2 aromatic heterocycles. The van der Waals surface area contributed by atoms with Crippen LogP contribution in [0.3, 0.4) is 0 Å². The lowest BCUT2D eigenvalue weighted by Crippen LogP contribution is -2.02. The van der Waals surface area contributed by atoms with E-state index in [0.29, 0.717) is 16.8 Å². The molecule has 6 nitrogen and oxygen atoms in total. The first-order valence-electron chi connectivity index (χ1n) is 5.30. The molecule has 0 spiro atoms. The third-order valence-corrected chi connectivity index (χ3v) is 2.70. The van der Waals surface area contributed by atoms with Crippen molar-refractivity contribution >= 4 is 17.1 Å². The van der Waals surface area contributed by atoms with Crippen molar-refractivity contribution in [3.8, 4) is 6.01 Å². The van der Waals surface area contributed by atoms with Gasteiger partial charge in [-0.1, -0.05) is 12.1 Å². The number of carboxylic acids is 1. The zero-order valence-corrected chi connectivity index (χ0v) is 9.49. The Morgan fingerprint density at radius 3 is 2.83 bits per heavy atom. The number of aromatic nitrogens is 3. The molecule has 18 heavy (non-hydrogen) atoms. The molecule has 3 rings (SSSR count). The van der Waals surface area contributed by atoms with Gasteiger partial charge in [0.2, 0.25) is 0 Å². The Labute approximate surface area is 101 Å². The van der Waals surface area contributed by atoms with Crippen molar-refractivity contribution < 1.29 is 14.3 Å². The van der Waals surface area contributed by atoms with Gasteiger partial charge in [0, 0.05) is 0 Å². The molecule has 3 aromatic rings. The van der Waals surface area contributed by atoms with Crippen LogP contribution in [0.15, 0.2) is 34.9 Å². The van der Waals surface area contributed by atoms with Crippen LogP contribution in [-0.4, -0.2) is 25.8 Å². The van der Waals surface area contributed by atoms with Crippen LogP contribution >= 0.6 is 0 Å². The van der Waals surface area contributed by atoms with Gasteiger partial charge in [0.1, 0.15) is 11.1 Å². The Morgan fingerprint density at radius 1 is 1.39 bits per heavy atom. The SMILES string of the molecule is Cc1c(C(=O)O)cnn1-c1nc2ccccc2o1. The zero-order valence-electron chi connectivity index (χ0n) is 9.49. The number of para-hydroxylation sites is 2. The molecule has 0 unspecified atom stereocenters. The van der Waals surface area contributed by atoms with Crippen LogP contribution in [0.1, 0.15) is 16.1 Å². The first kappa shape index (κ1) is 10.5. The van der Waals surface area contributed by atoms with E-state index in [-0.39, 0.29) is 11.6 Å². The van der Waals surface area contributed by atoms with Crippen LogP contribution in [0.5, 0.6) is 0 Å². The highest BCUT2D eigenvalue weighted by Gasteiger charge is 2.17. The number of rotatable bonds is 2. The highest BCUT2D eigenvalue weighted by atomic mass is 16.4. The summed E-state index contributed by atoms with van der Waals surface area (Å²) >= 11 is 0. The van der Waals surface area contributed by atoms with E-state index in [2.05, 4.69) is 10.1 Å². The molecule has 6 heteroatoms. The Bertz CT molecular complexity index is 709. The second-order valence-electron chi connectivity index (χ2n) is 3.82. The lowest BCUT2D eigenvalue weighted by molar-refractivity contribution is 0.0696. The van der Waals surface area contributed by atoms with Crippen molar-refractivity contribution in [3.63, 3.8) is 0 Å². The fraction of sp³-hybridized carbons (Fsp3) is 0.0833. The molecule has 0 aliphatic rings. The Kier molecular flexibility index (Phi) is 2.16. The van der Waals surface area contributed by atoms with Crippen molar-refractivity contribution in [2.45, 2.75) is 6.92 Å². The lowest BCUT2D eigenvalue weighted by atomic mass is 10.3. The van der Waals surface area contributed by atoms with Gasteiger partial charge in [0.15, 0.2) is 5.58 Å². The second kappa shape index (κ2) is 3.69. The predicted molar refractivity (Wildman–Crippen MR) is 62.8 cm³/mol. The number of hydrogen-bond acceptors (Lipinski definition) is 4. The first-order valence-corrected chi connectivity index (χ1v) is 5.30. The standard InChI is InChI=1S/C12H9N3O3/c1-7-8(11(16)17)6-13-15(7)12-14-9-4-2-3-5-10(9)18-12/h2-6H,1H3,(H,16,17). The van der Waals surface area contributed by atoms with Gasteiger partial charge in [-0.05, 0) is 19.1 Å². The van der Waals surface area contributed by atoms with Crippen molar-refractivity contribution in [3.05, 3.63) is 41.7 Å². The van der Waals surface area contributed by atoms with E-state index < -0.39 is 5.97 Å². The molecular formula is C12H9N3O3. The van der Waals surface area contributed by atoms with Crippen LogP contribution in [0.4, 0.5) is 0 Å². The summed E-state index contributed by atoms with van der Waals surface area (Å²) in [5.74, 6) is -1.02. The van der Waals surface area contributed by atoms with Crippen molar-refractivity contribution in [1.82, 2.24) is 14.8 Å². The summed E-state index contributed by atoms with van der Waals surface area (Å²) in [6.07, 6.45) is 1.28. The number of fused-ring (bicyclic) bond motifs is 1. The molecule has 0 saturated heterocycles. The Morgan fingerprint density at radius 2 is 2.17 bits per heavy atom. The molecule has 1 N–H and O–H groups in total. The fourth-order valence-electron chi connectivity index (χ4n) is 1.76. The number of oxazole rings is 1. The highest BCUT2D eigenvalue weighted by molar-refractivity contribution is 5.88. The third kappa shape index (κ3) is 1.46. The maximum absolute atomic E-state index is 10.9. The number of hydrogen-bond donors (Lipinski definition) is 1. The van der Waals surface area contributed by atoms with Gasteiger partial charge in [0.05, 0.1) is 11.9 Å². The maximum Gasteiger partial charge on any atom is 0.339 e. The summed E-state index contributed by atoms with van der Waals surface area (Å²) < 4.78 is 6.90. The predicted octanol–water partition coefficient (Wildman–Crippen LogP) is 2.02. The van der Waals surface area contributed by atoms with Crippen LogP contribution in [0.25, 0.3) is 17.1 Å². The van der Waals surface area contributed by atoms with Crippen molar-refractivity contribution in [2.75, 3.05) is 0 Å². The van der Waals surface area contributed by atoms with E-state index in [0.717, 1.165) is 0 Å². The van der Waals surface area contributed by atoms with Crippen LogP contribution in [0, 0.1) is 6.92 Å². The van der Waals surface area contributed by atoms with Crippen LogP contribution in [0.2, 0.25) is 0 Å². The van der Waals surface area contributed by atoms with Crippen LogP contribution < -0.4 is 0 Å². The van der Waals surface area contributed by atoms with E-state index in [1.54, 1.807) is 13.0 Å². The summed E-state index contributed by atoms with van der Waals surface area (Å²) in [6, 6.07) is 7.58. The molecule has 0 bridgehead atoms. The number of aromatic carboxylic acids is 1. The Balaban J connectivity index is 2.17. The quantitative estimate of drug-likeness (QED) is 0.744. The van der Waals surface area contributed by atoms with Gasteiger partial charge in [-0.3, -0.25) is 0 Å². The normalized spacial score (nSPS) is 10.9. The number of carboxylic acid groups (broad SMARTS) is 1. The van der Waals surface area contributed by atoms with Gasteiger partial charge in [0.25, 0.3) is 0 Å². The van der Waals surface area contributed by atoms with E-state index in [4.69, 9.17) is 9.52 Å². The molecule has 90 valence electrons. The average Bonchev–Trinajstić information content (AvgIpc) is 2.91. The minimum atomic E-state index is -1.02. The second-order valence-corrected chi connectivity index (χ2v) is 3.82. The zero-order chi connectivity index (χ0) is 12.7. The van der Waals surface area contributed by atoms with E-state index in [1.807, 2.05) is 18.2 Å². The summed E-state index contributed by atoms with van der Waals surface area (Å²) in [4.78, 5) is 15.2. The molecule has 0 atom stereocenters. The molecule has 2 heterocycles. The third-order valence-electron chi connectivity index (χ3n) is 2.70. The van der Waals surface area contributed by atoms with Crippen molar-refractivity contribution in [2.24, 2.45) is 0 Å². The molecule has 1 aromatic carbocycles. The van der Waals surface area contributed by atoms with Gasteiger partial charge in [-0.15, -0.1) is 0 Å². The summed E-state index contributed by atoms with van der Waals surface area (Å²) in [7, 11) is 0. The molecule has 0 aliphatic carbocycles. The topological polar surface area (TPSA) is 81.1 Å². The molecule has 0 aliphatic heterocycles.